The van der Waals surface area contributed by atoms with Crippen molar-refractivity contribution < 1.29 is 47.4 Å². The second kappa shape index (κ2) is 7.01. The average Bonchev–Trinajstić information content (AvgIpc) is 2.88. The standard InChI is InChI=1S/C19H29F3O7/c1-10-4-5-14-11(2)18(19(20,21)22,25-9-12(24)8-23)27-15-17(14)13(10)6-7-16(3,26-15)28-29-17/h10-15,23-24H,4-9H2,1-3H3/t10-,11-,12?,13+,14+,15+,16+,17-,18?/m1/s1. The van der Waals surface area contributed by atoms with Gasteiger partial charge in [-0.1, -0.05) is 13.8 Å². The van der Waals surface area contributed by atoms with E-state index in [-0.39, 0.29) is 11.8 Å². The summed E-state index contributed by atoms with van der Waals surface area (Å²) in [5.41, 5.74) is -1.15. The summed E-state index contributed by atoms with van der Waals surface area (Å²) in [6.45, 7) is 3.69. The normalized spacial score (nSPS) is 50.7. The summed E-state index contributed by atoms with van der Waals surface area (Å²) in [4.78, 5) is 11.4. The third-order valence-electron chi connectivity index (χ3n) is 7.36. The van der Waals surface area contributed by atoms with Gasteiger partial charge in [-0.25, -0.2) is 9.78 Å². The van der Waals surface area contributed by atoms with Crippen LogP contribution in [-0.4, -0.2) is 59.2 Å². The van der Waals surface area contributed by atoms with Crippen molar-refractivity contribution in [1.29, 1.82) is 0 Å². The number of ether oxygens (including phenoxy) is 3. The summed E-state index contributed by atoms with van der Waals surface area (Å²) < 4.78 is 59.9. The molecular formula is C19H29F3O7. The minimum absolute atomic E-state index is 0.0766. The lowest BCUT2D eigenvalue weighted by Crippen LogP contribution is -2.76. The van der Waals surface area contributed by atoms with Gasteiger partial charge < -0.3 is 24.4 Å². The Morgan fingerprint density at radius 2 is 1.83 bits per heavy atom. The Labute approximate surface area is 167 Å². The van der Waals surface area contributed by atoms with E-state index in [9.17, 15) is 18.3 Å². The van der Waals surface area contributed by atoms with Crippen molar-refractivity contribution in [1.82, 2.24) is 0 Å². The molecule has 0 aromatic heterocycles. The van der Waals surface area contributed by atoms with Crippen LogP contribution in [0.25, 0.3) is 0 Å². The highest BCUT2D eigenvalue weighted by atomic mass is 19.4. The van der Waals surface area contributed by atoms with Crippen LogP contribution in [0.1, 0.15) is 46.5 Å². The van der Waals surface area contributed by atoms with Gasteiger partial charge in [-0.2, -0.15) is 13.2 Å². The van der Waals surface area contributed by atoms with Crippen LogP contribution in [0.4, 0.5) is 13.2 Å². The maximum Gasteiger partial charge on any atom is 0.443 e. The molecule has 0 radical (unpaired) electrons. The highest BCUT2D eigenvalue weighted by Crippen LogP contribution is 2.64. The second-order valence-corrected chi connectivity index (χ2v) is 9.13. The summed E-state index contributed by atoms with van der Waals surface area (Å²) >= 11 is 0. The largest absolute Gasteiger partial charge is 0.443 e. The molecule has 2 unspecified atom stereocenters. The molecule has 1 aliphatic carbocycles. The predicted octanol–water partition coefficient (Wildman–Crippen LogP) is 2.50. The molecule has 7 nitrogen and oxygen atoms in total. The van der Waals surface area contributed by atoms with Crippen molar-refractivity contribution in [2.75, 3.05) is 13.2 Å². The molecule has 0 amide bonds. The minimum atomic E-state index is -4.89. The van der Waals surface area contributed by atoms with Crippen molar-refractivity contribution in [3.05, 3.63) is 0 Å². The molecule has 4 heterocycles. The van der Waals surface area contributed by atoms with Crippen molar-refractivity contribution in [3.63, 3.8) is 0 Å². The number of hydrogen-bond donors (Lipinski definition) is 2. The van der Waals surface area contributed by atoms with Crippen LogP contribution < -0.4 is 0 Å². The van der Waals surface area contributed by atoms with E-state index in [4.69, 9.17) is 29.1 Å². The van der Waals surface area contributed by atoms with Crippen molar-refractivity contribution in [2.45, 2.75) is 82.2 Å². The van der Waals surface area contributed by atoms with E-state index in [0.717, 1.165) is 6.42 Å². The Kier molecular flexibility index (Phi) is 5.25. The quantitative estimate of drug-likeness (QED) is 0.668. The fraction of sp³-hybridized carbons (Fsp3) is 1.00. The molecule has 2 bridgehead atoms. The minimum Gasteiger partial charge on any atom is -0.394 e. The number of fused-ring (bicyclic) bond motifs is 2. The van der Waals surface area contributed by atoms with Crippen LogP contribution >= 0.6 is 0 Å². The molecule has 1 saturated carbocycles. The number of hydrogen-bond acceptors (Lipinski definition) is 7. The van der Waals surface area contributed by atoms with Gasteiger partial charge in [0.15, 0.2) is 11.9 Å². The van der Waals surface area contributed by atoms with Crippen LogP contribution in [0.15, 0.2) is 0 Å². The molecule has 29 heavy (non-hydrogen) atoms. The lowest BCUT2D eigenvalue weighted by Gasteiger charge is -2.62. The molecule has 5 rings (SSSR count). The Balaban J connectivity index is 1.78. The zero-order valence-electron chi connectivity index (χ0n) is 16.8. The fourth-order valence-corrected chi connectivity index (χ4v) is 5.76. The lowest BCUT2D eigenvalue weighted by atomic mass is 9.57. The summed E-state index contributed by atoms with van der Waals surface area (Å²) in [5, 5.41) is 18.6. The van der Waals surface area contributed by atoms with Crippen LogP contribution in [0.5, 0.6) is 0 Å². The van der Waals surface area contributed by atoms with E-state index >= 15 is 0 Å². The number of aliphatic hydroxyl groups is 2. The maximum absolute atomic E-state index is 14.4. The average molecular weight is 426 g/mol. The zero-order chi connectivity index (χ0) is 21.2. The predicted molar refractivity (Wildman–Crippen MR) is 90.9 cm³/mol. The number of halogens is 3. The van der Waals surface area contributed by atoms with Gasteiger partial charge in [-0.3, -0.25) is 0 Å². The molecule has 1 spiro atoms. The van der Waals surface area contributed by atoms with Gasteiger partial charge in [-0.15, -0.1) is 0 Å². The third-order valence-corrected chi connectivity index (χ3v) is 7.36. The van der Waals surface area contributed by atoms with E-state index in [1.165, 1.54) is 6.92 Å². The lowest BCUT2D eigenvalue weighted by molar-refractivity contribution is -0.599. The molecular weight excluding hydrogens is 397 g/mol. The van der Waals surface area contributed by atoms with Crippen LogP contribution in [0.2, 0.25) is 0 Å². The molecule has 5 fully saturated rings. The van der Waals surface area contributed by atoms with Gasteiger partial charge in [0.05, 0.1) is 13.2 Å². The van der Waals surface area contributed by atoms with Crippen LogP contribution in [0, 0.1) is 23.7 Å². The molecule has 9 atom stereocenters. The SMILES string of the molecule is C[C@@H]1CC[C@H]2[C@@H](C)C(OCC(O)CO)(C(F)(F)F)O[C@@H]3O[C@]4(C)CC[C@@H]1[C@]32OO4. The first kappa shape index (κ1) is 21.7. The van der Waals surface area contributed by atoms with E-state index < -0.39 is 60.8 Å². The highest BCUT2D eigenvalue weighted by molar-refractivity contribution is 5.12. The second-order valence-electron chi connectivity index (χ2n) is 9.13. The fourth-order valence-electron chi connectivity index (χ4n) is 5.76. The molecule has 0 aromatic carbocycles. The molecule has 168 valence electrons. The summed E-state index contributed by atoms with van der Waals surface area (Å²) in [5.74, 6) is -5.79. The van der Waals surface area contributed by atoms with Gasteiger partial charge >= 0.3 is 6.18 Å². The van der Waals surface area contributed by atoms with Gasteiger partial charge in [0.1, 0.15) is 6.10 Å². The number of aliphatic hydroxyl groups excluding tert-OH is 2. The van der Waals surface area contributed by atoms with Crippen LogP contribution in [0.3, 0.4) is 0 Å². The smallest absolute Gasteiger partial charge is 0.394 e. The third kappa shape index (κ3) is 3.06. The Hall–Kier alpha value is -0.490. The Morgan fingerprint density at radius 1 is 1.10 bits per heavy atom. The van der Waals surface area contributed by atoms with E-state index in [2.05, 4.69) is 6.92 Å². The first-order chi connectivity index (χ1) is 13.5. The molecule has 4 aliphatic heterocycles. The van der Waals surface area contributed by atoms with Gasteiger partial charge in [-0.05, 0) is 38.0 Å². The maximum atomic E-state index is 14.4. The summed E-state index contributed by atoms with van der Waals surface area (Å²) in [6, 6.07) is 0. The zero-order valence-corrected chi connectivity index (χ0v) is 16.8. The highest BCUT2D eigenvalue weighted by Gasteiger charge is 2.77. The molecule has 10 heteroatoms. The van der Waals surface area contributed by atoms with Crippen molar-refractivity contribution in [3.8, 4) is 0 Å². The summed E-state index contributed by atoms with van der Waals surface area (Å²) in [6.07, 6.45) is -5.27. The topological polar surface area (TPSA) is 86.6 Å². The first-order valence-electron chi connectivity index (χ1n) is 10.2. The monoisotopic (exact) mass is 426 g/mol. The molecule has 4 saturated heterocycles. The molecule has 0 aromatic rings. The van der Waals surface area contributed by atoms with Crippen molar-refractivity contribution >= 4 is 0 Å². The molecule has 2 N–H and O–H groups in total. The number of alkyl halides is 3. The first-order valence-corrected chi connectivity index (χ1v) is 10.2. The number of rotatable bonds is 4. The van der Waals surface area contributed by atoms with Gasteiger partial charge in [0, 0.05) is 18.3 Å². The van der Waals surface area contributed by atoms with E-state index in [1.807, 2.05) is 0 Å². The molecule has 5 aliphatic rings. The van der Waals surface area contributed by atoms with Gasteiger partial charge in [0.2, 0.25) is 5.79 Å². The van der Waals surface area contributed by atoms with Crippen molar-refractivity contribution in [2.24, 2.45) is 23.7 Å². The van der Waals surface area contributed by atoms with Crippen LogP contribution in [-0.2, 0) is 24.0 Å². The van der Waals surface area contributed by atoms with E-state index in [0.29, 0.717) is 19.3 Å². The summed E-state index contributed by atoms with van der Waals surface area (Å²) in [7, 11) is 0. The Bertz CT molecular complexity index is 633. The van der Waals surface area contributed by atoms with Gasteiger partial charge in [0.25, 0.3) is 5.79 Å². The van der Waals surface area contributed by atoms with E-state index in [1.54, 1.807) is 6.92 Å². The Morgan fingerprint density at radius 3 is 2.48 bits per heavy atom.